The highest BCUT2D eigenvalue weighted by Crippen LogP contribution is 2.50. The van der Waals surface area contributed by atoms with Crippen LogP contribution in [-0.4, -0.2) is 30.7 Å². The molecule has 4 aromatic rings. The number of imidazole rings is 1. The quantitative estimate of drug-likeness (QED) is 0.430. The van der Waals surface area contributed by atoms with Gasteiger partial charge in [0.1, 0.15) is 23.1 Å². The zero-order chi connectivity index (χ0) is 24.9. The molecule has 1 saturated carbocycles. The molecule has 2 aromatic carbocycles. The van der Waals surface area contributed by atoms with E-state index < -0.39 is 28.9 Å². The predicted octanol–water partition coefficient (Wildman–Crippen LogP) is 3.90. The Bertz CT molecular complexity index is 1630. The summed E-state index contributed by atoms with van der Waals surface area (Å²) in [5.41, 5.74) is -1.47. The second-order valence-electron chi connectivity index (χ2n) is 8.17. The first kappa shape index (κ1) is 22.7. The molecule has 5 rings (SSSR count). The molecule has 0 aliphatic heterocycles. The fourth-order valence-corrected chi connectivity index (χ4v) is 4.27. The van der Waals surface area contributed by atoms with Gasteiger partial charge < -0.3 is 9.30 Å². The van der Waals surface area contributed by atoms with Crippen molar-refractivity contribution >= 4 is 22.6 Å². The van der Waals surface area contributed by atoms with Gasteiger partial charge in [-0.25, -0.2) is 18.6 Å². The third kappa shape index (κ3) is 3.76. The van der Waals surface area contributed by atoms with E-state index in [1.54, 1.807) is 30.3 Å². The van der Waals surface area contributed by atoms with Crippen LogP contribution in [0.25, 0.3) is 16.7 Å². The Hall–Kier alpha value is -4.04. The van der Waals surface area contributed by atoms with Gasteiger partial charge in [-0.05, 0) is 49.1 Å². The van der Waals surface area contributed by atoms with Crippen molar-refractivity contribution in [1.29, 1.82) is 5.26 Å². The standard InChI is InChI=1S/C23H17ClF2N6O3/c1-2-12-7-13(32-22(34)29-20(33)17(10-27)30-32)8-15(24)19(12)35-14-3-4-16-18(9-14)31(11-28-16)23(5-6-23)21(25)26/h3-4,7-9,11,21H,2,5-6H2,1H3,(H,29,33,34). The number of rotatable bonds is 6. The van der Waals surface area contributed by atoms with Gasteiger partial charge >= 0.3 is 5.69 Å². The largest absolute Gasteiger partial charge is 0.455 e. The SMILES string of the molecule is CCc1cc(-n2nc(C#N)c(=O)[nH]c2=O)cc(Cl)c1Oc1ccc2ncn(C3(C(F)F)CC3)c2c1. The number of aromatic amines is 1. The van der Waals surface area contributed by atoms with E-state index in [2.05, 4.69) is 10.1 Å². The molecule has 2 heterocycles. The molecule has 9 nitrogen and oxygen atoms in total. The second-order valence-corrected chi connectivity index (χ2v) is 8.58. The highest BCUT2D eigenvalue weighted by molar-refractivity contribution is 6.32. The van der Waals surface area contributed by atoms with Crippen LogP contribution in [0.1, 0.15) is 31.0 Å². The van der Waals surface area contributed by atoms with Gasteiger partial charge in [0.25, 0.3) is 12.0 Å². The number of alkyl halides is 2. The van der Waals surface area contributed by atoms with Gasteiger partial charge in [-0.2, -0.15) is 9.94 Å². The van der Waals surface area contributed by atoms with Gasteiger partial charge in [0.2, 0.25) is 5.69 Å². The summed E-state index contributed by atoms with van der Waals surface area (Å²) in [5.74, 6) is 0.691. The third-order valence-electron chi connectivity index (χ3n) is 6.05. The molecule has 0 amide bonds. The van der Waals surface area contributed by atoms with Gasteiger partial charge in [-0.1, -0.05) is 18.5 Å². The second kappa shape index (κ2) is 8.32. The molecule has 12 heteroatoms. The molecule has 178 valence electrons. The van der Waals surface area contributed by atoms with Gasteiger partial charge in [-0.3, -0.25) is 9.78 Å². The number of hydrogen-bond donors (Lipinski definition) is 1. The first-order valence-corrected chi connectivity index (χ1v) is 11.1. The van der Waals surface area contributed by atoms with Crippen LogP contribution in [-0.2, 0) is 12.0 Å². The van der Waals surface area contributed by atoms with Crippen LogP contribution in [0.15, 0.2) is 46.2 Å². The average molecular weight is 499 g/mol. The fourth-order valence-electron chi connectivity index (χ4n) is 4.00. The Balaban J connectivity index is 1.55. The van der Waals surface area contributed by atoms with Crippen LogP contribution in [0.5, 0.6) is 11.5 Å². The zero-order valence-electron chi connectivity index (χ0n) is 18.3. The molecular weight excluding hydrogens is 482 g/mol. The summed E-state index contributed by atoms with van der Waals surface area (Å²) in [6.07, 6.45) is 0.128. The van der Waals surface area contributed by atoms with Crippen molar-refractivity contribution in [3.05, 3.63) is 73.8 Å². The summed E-state index contributed by atoms with van der Waals surface area (Å²) >= 11 is 6.50. The van der Waals surface area contributed by atoms with Crippen molar-refractivity contribution in [1.82, 2.24) is 24.3 Å². The molecule has 1 aliphatic rings. The van der Waals surface area contributed by atoms with Gasteiger partial charge in [-0.15, -0.1) is 5.10 Å². The fraction of sp³-hybridized carbons (Fsp3) is 0.261. The van der Waals surface area contributed by atoms with Crippen molar-refractivity contribution in [3.8, 4) is 23.3 Å². The Morgan fingerprint density at radius 2 is 2.06 bits per heavy atom. The van der Waals surface area contributed by atoms with E-state index in [4.69, 9.17) is 21.6 Å². The number of benzene rings is 2. The molecule has 1 N–H and O–H groups in total. The van der Waals surface area contributed by atoms with Crippen LogP contribution in [0.4, 0.5) is 8.78 Å². The first-order chi connectivity index (χ1) is 16.8. The smallest absolute Gasteiger partial charge is 0.349 e. The Morgan fingerprint density at radius 1 is 1.29 bits per heavy atom. The molecular formula is C23H17ClF2N6O3. The molecule has 1 fully saturated rings. The van der Waals surface area contributed by atoms with Crippen molar-refractivity contribution in [3.63, 3.8) is 0 Å². The van der Waals surface area contributed by atoms with Crippen molar-refractivity contribution in [2.75, 3.05) is 0 Å². The lowest BCUT2D eigenvalue weighted by Crippen LogP contribution is -2.33. The normalized spacial score (nSPS) is 14.3. The van der Waals surface area contributed by atoms with E-state index in [0.717, 1.165) is 4.68 Å². The van der Waals surface area contributed by atoms with E-state index in [9.17, 15) is 18.4 Å². The lowest BCUT2D eigenvalue weighted by Gasteiger charge is -2.18. The van der Waals surface area contributed by atoms with Crippen molar-refractivity contribution in [2.45, 2.75) is 38.2 Å². The number of fused-ring (bicyclic) bond motifs is 1. The highest BCUT2D eigenvalue weighted by Gasteiger charge is 2.53. The number of hydrogen-bond acceptors (Lipinski definition) is 6. The summed E-state index contributed by atoms with van der Waals surface area (Å²) in [6.45, 7) is 1.85. The Kier molecular flexibility index (Phi) is 5.40. The van der Waals surface area contributed by atoms with Crippen LogP contribution >= 0.6 is 11.6 Å². The molecule has 1 aliphatic carbocycles. The number of ether oxygens (including phenoxy) is 1. The van der Waals surface area contributed by atoms with Crippen molar-refractivity contribution < 1.29 is 13.5 Å². The number of halogens is 3. The number of nitrogens with zero attached hydrogens (tertiary/aromatic N) is 5. The number of H-pyrrole nitrogens is 1. The molecule has 0 atom stereocenters. The van der Waals surface area contributed by atoms with E-state index >= 15 is 0 Å². The summed E-state index contributed by atoms with van der Waals surface area (Å²) in [4.78, 5) is 30.2. The van der Waals surface area contributed by atoms with E-state index in [1.165, 1.54) is 17.0 Å². The lowest BCUT2D eigenvalue weighted by molar-refractivity contribution is 0.0691. The maximum absolute atomic E-state index is 13.7. The molecule has 0 unspecified atom stereocenters. The lowest BCUT2D eigenvalue weighted by atomic mass is 10.1. The Labute approximate surface area is 201 Å². The maximum Gasteiger partial charge on any atom is 0.349 e. The molecule has 35 heavy (non-hydrogen) atoms. The maximum atomic E-state index is 13.7. The summed E-state index contributed by atoms with van der Waals surface area (Å²) in [6, 6.07) is 9.65. The van der Waals surface area contributed by atoms with Crippen molar-refractivity contribution in [2.24, 2.45) is 0 Å². The predicted molar refractivity (Wildman–Crippen MR) is 123 cm³/mol. The summed E-state index contributed by atoms with van der Waals surface area (Å²) in [7, 11) is 0. The number of aryl methyl sites for hydroxylation is 1. The number of nitriles is 1. The van der Waals surface area contributed by atoms with Crippen LogP contribution in [0.3, 0.4) is 0 Å². The van der Waals surface area contributed by atoms with E-state index in [1.807, 2.05) is 11.9 Å². The minimum atomic E-state index is -2.51. The van der Waals surface area contributed by atoms with Gasteiger partial charge in [0, 0.05) is 6.07 Å². The topological polar surface area (TPSA) is 119 Å². The molecule has 0 bridgehead atoms. The Morgan fingerprint density at radius 3 is 2.71 bits per heavy atom. The van der Waals surface area contributed by atoms with Crippen LogP contribution in [0.2, 0.25) is 5.02 Å². The van der Waals surface area contributed by atoms with Crippen LogP contribution in [0, 0.1) is 11.3 Å². The van der Waals surface area contributed by atoms with Gasteiger partial charge in [0.05, 0.1) is 28.1 Å². The monoisotopic (exact) mass is 498 g/mol. The molecule has 2 aromatic heterocycles. The van der Waals surface area contributed by atoms with Crippen LogP contribution < -0.4 is 16.0 Å². The minimum Gasteiger partial charge on any atom is -0.455 e. The molecule has 0 radical (unpaired) electrons. The van der Waals surface area contributed by atoms with E-state index in [0.29, 0.717) is 47.4 Å². The number of nitrogens with one attached hydrogen (secondary N) is 1. The third-order valence-corrected chi connectivity index (χ3v) is 6.33. The first-order valence-electron chi connectivity index (χ1n) is 10.7. The minimum absolute atomic E-state index is 0.151. The van der Waals surface area contributed by atoms with E-state index in [-0.39, 0.29) is 10.7 Å². The zero-order valence-corrected chi connectivity index (χ0v) is 19.0. The average Bonchev–Trinajstić information content (AvgIpc) is 3.54. The molecule has 0 saturated heterocycles. The highest BCUT2D eigenvalue weighted by atomic mass is 35.5. The molecule has 0 spiro atoms. The summed E-state index contributed by atoms with van der Waals surface area (Å²) in [5, 5.41) is 13.0. The van der Waals surface area contributed by atoms with Gasteiger partial charge in [0.15, 0.2) is 0 Å². The number of aromatic nitrogens is 5. The summed E-state index contributed by atoms with van der Waals surface area (Å²) < 4.78 is 35.8.